The van der Waals surface area contributed by atoms with Gasteiger partial charge in [0.25, 0.3) is 0 Å². The summed E-state index contributed by atoms with van der Waals surface area (Å²) in [6.45, 7) is 5.70. The second-order valence-corrected chi connectivity index (χ2v) is 9.82. The Hall–Kier alpha value is -1.92. The van der Waals surface area contributed by atoms with Crippen LogP contribution in [-0.4, -0.2) is 59.2 Å². The summed E-state index contributed by atoms with van der Waals surface area (Å²) in [5, 5.41) is 4.24. The maximum Gasteiger partial charge on any atom is 0.338 e. The normalized spacial score (nSPS) is 30.0. The van der Waals surface area contributed by atoms with E-state index in [4.69, 9.17) is 17.0 Å². The molecule has 1 N–H and O–H groups in total. The van der Waals surface area contributed by atoms with Crippen molar-refractivity contribution in [2.24, 2.45) is 11.8 Å². The molecule has 5 nitrogen and oxygen atoms in total. The van der Waals surface area contributed by atoms with Gasteiger partial charge in [-0.2, -0.15) is 0 Å². The van der Waals surface area contributed by atoms with Gasteiger partial charge in [0, 0.05) is 24.8 Å². The Labute approximate surface area is 190 Å². The van der Waals surface area contributed by atoms with Crippen molar-refractivity contribution in [3.8, 4) is 0 Å². The van der Waals surface area contributed by atoms with Gasteiger partial charge in [0.1, 0.15) is 0 Å². The molecule has 0 aromatic heterocycles. The highest BCUT2D eigenvalue weighted by molar-refractivity contribution is 7.80. The zero-order chi connectivity index (χ0) is 21.4. The van der Waals surface area contributed by atoms with Crippen molar-refractivity contribution >= 4 is 29.0 Å². The molecule has 166 valence electrons. The SMILES string of the molecule is CCOC(=O)c1ccc(NC(=S)N2CCCC3=CC4CC(CN5CCCCC45)C32)cc1. The molecule has 0 spiro atoms. The predicted octanol–water partition coefficient (Wildman–Crippen LogP) is 4.46. The van der Waals surface area contributed by atoms with Gasteiger partial charge >= 0.3 is 5.97 Å². The average Bonchev–Trinajstić information content (AvgIpc) is 2.79. The molecule has 5 rings (SSSR count). The minimum atomic E-state index is -0.285. The Balaban J connectivity index is 1.31. The summed E-state index contributed by atoms with van der Waals surface area (Å²) in [5.74, 6) is 1.13. The first-order valence-corrected chi connectivity index (χ1v) is 12.3. The van der Waals surface area contributed by atoms with Crippen LogP contribution in [0.4, 0.5) is 5.69 Å². The summed E-state index contributed by atoms with van der Waals surface area (Å²) in [6.07, 6.45) is 10.4. The number of rotatable bonds is 3. The van der Waals surface area contributed by atoms with Crippen molar-refractivity contribution < 1.29 is 9.53 Å². The molecule has 3 aliphatic heterocycles. The molecule has 1 aromatic rings. The van der Waals surface area contributed by atoms with Crippen LogP contribution >= 0.6 is 12.2 Å². The molecule has 0 saturated carbocycles. The monoisotopic (exact) mass is 439 g/mol. The number of nitrogens with zero attached hydrogens (tertiary/aromatic N) is 2. The number of carbonyl (C=O) groups is 1. The standard InChI is InChI=1S/C25H33N3O2S/c1-2-30-24(29)17-8-10-21(11-9-17)26-25(31)28-13-5-6-18-14-19-15-20(23(18)28)16-27-12-4-3-7-22(19)27/h8-11,14,19-20,22-23H,2-7,12-13,15-16H2,1H3,(H,26,31). The van der Waals surface area contributed by atoms with Gasteiger partial charge in [0.15, 0.2) is 5.11 Å². The number of piperidine rings is 3. The fourth-order valence-corrected chi connectivity index (χ4v) is 6.62. The number of thiocarbonyl (C=S) groups is 1. The maximum atomic E-state index is 11.9. The molecule has 4 unspecified atom stereocenters. The van der Waals surface area contributed by atoms with Crippen molar-refractivity contribution in [3.63, 3.8) is 0 Å². The van der Waals surface area contributed by atoms with Crippen LogP contribution in [0.5, 0.6) is 0 Å². The third-order valence-corrected chi connectivity index (χ3v) is 7.90. The lowest BCUT2D eigenvalue weighted by molar-refractivity contribution is 0.0132. The molecule has 1 aromatic carbocycles. The second-order valence-electron chi connectivity index (χ2n) is 9.43. The fourth-order valence-electron chi connectivity index (χ4n) is 6.30. The van der Waals surface area contributed by atoms with E-state index in [1.54, 1.807) is 17.7 Å². The highest BCUT2D eigenvalue weighted by atomic mass is 32.1. The lowest BCUT2D eigenvalue weighted by Gasteiger charge is -2.55. The number of likely N-dealkylation sites (tertiary alicyclic amines) is 1. The van der Waals surface area contributed by atoms with E-state index >= 15 is 0 Å². The molecule has 4 atom stereocenters. The summed E-state index contributed by atoms with van der Waals surface area (Å²) < 4.78 is 5.08. The van der Waals surface area contributed by atoms with Gasteiger partial charge < -0.3 is 15.0 Å². The molecular formula is C25H33N3O2S. The summed E-state index contributed by atoms with van der Waals surface area (Å²) in [6, 6.07) is 8.63. The molecule has 6 heteroatoms. The van der Waals surface area contributed by atoms with Crippen LogP contribution in [0.15, 0.2) is 35.9 Å². The quantitative estimate of drug-likeness (QED) is 0.426. The molecule has 3 saturated heterocycles. The summed E-state index contributed by atoms with van der Waals surface area (Å²) in [4.78, 5) is 17.1. The number of hydrogen-bond acceptors (Lipinski definition) is 4. The average molecular weight is 440 g/mol. The lowest BCUT2D eigenvalue weighted by atomic mass is 9.68. The number of carbonyl (C=O) groups excluding carboxylic acids is 1. The lowest BCUT2D eigenvalue weighted by Crippen LogP contribution is -2.60. The summed E-state index contributed by atoms with van der Waals surface area (Å²) in [7, 11) is 0. The highest BCUT2D eigenvalue weighted by Crippen LogP contribution is 2.45. The van der Waals surface area contributed by atoms with Crippen LogP contribution in [0.25, 0.3) is 0 Å². The summed E-state index contributed by atoms with van der Waals surface area (Å²) in [5.41, 5.74) is 3.11. The zero-order valence-electron chi connectivity index (χ0n) is 18.4. The van der Waals surface area contributed by atoms with Crippen molar-refractivity contribution in [1.82, 2.24) is 9.80 Å². The van der Waals surface area contributed by atoms with E-state index in [0.29, 0.717) is 24.1 Å². The van der Waals surface area contributed by atoms with Crippen LogP contribution < -0.4 is 5.32 Å². The highest BCUT2D eigenvalue weighted by Gasteiger charge is 2.46. The molecule has 1 aliphatic carbocycles. The minimum absolute atomic E-state index is 0.285. The molecule has 3 heterocycles. The molecule has 0 amide bonds. The van der Waals surface area contributed by atoms with Crippen LogP contribution in [0.1, 0.15) is 55.8 Å². The number of nitrogens with one attached hydrogen (secondary N) is 1. The number of benzene rings is 1. The first-order valence-electron chi connectivity index (χ1n) is 11.9. The smallest absolute Gasteiger partial charge is 0.338 e. The Bertz CT molecular complexity index is 868. The van der Waals surface area contributed by atoms with E-state index in [1.165, 1.54) is 51.6 Å². The molecule has 2 bridgehead atoms. The number of anilines is 1. The topological polar surface area (TPSA) is 44.8 Å². The van der Waals surface area contributed by atoms with E-state index in [0.717, 1.165) is 29.3 Å². The van der Waals surface area contributed by atoms with E-state index in [-0.39, 0.29) is 5.97 Å². The van der Waals surface area contributed by atoms with Crippen LogP contribution in [0, 0.1) is 11.8 Å². The van der Waals surface area contributed by atoms with Crippen molar-refractivity contribution in [1.29, 1.82) is 0 Å². The number of hydrogen-bond donors (Lipinski definition) is 1. The zero-order valence-corrected chi connectivity index (χ0v) is 19.2. The second kappa shape index (κ2) is 8.91. The van der Waals surface area contributed by atoms with Gasteiger partial charge in [-0.3, -0.25) is 4.90 Å². The van der Waals surface area contributed by atoms with Gasteiger partial charge in [0.2, 0.25) is 0 Å². The van der Waals surface area contributed by atoms with E-state index in [9.17, 15) is 4.79 Å². The third-order valence-electron chi connectivity index (χ3n) is 7.57. The molecule has 4 aliphatic rings. The van der Waals surface area contributed by atoms with Crippen molar-refractivity contribution in [2.45, 2.75) is 57.5 Å². The number of esters is 1. The van der Waals surface area contributed by atoms with Gasteiger partial charge in [0.05, 0.1) is 18.2 Å². The first kappa shape index (κ1) is 21.0. The fraction of sp³-hybridized carbons (Fsp3) is 0.600. The molecule has 31 heavy (non-hydrogen) atoms. The molecule has 0 radical (unpaired) electrons. The third kappa shape index (κ3) is 4.12. The van der Waals surface area contributed by atoms with Gasteiger partial charge in [-0.05, 0) is 93.9 Å². The van der Waals surface area contributed by atoms with Crippen molar-refractivity contribution in [3.05, 3.63) is 41.5 Å². The van der Waals surface area contributed by atoms with Crippen LogP contribution in [0.2, 0.25) is 0 Å². The molecular weight excluding hydrogens is 406 g/mol. The Morgan fingerprint density at radius 3 is 2.84 bits per heavy atom. The largest absolute Gasteiger partial charge is 0.462 e. The summed E-state index contributed by atoms with van der Waals surface area (Å²) >= 11 is 5.90. The number of ether oxygens (including phenoxy) is 1. The maximum absolute atomic E-state index is 11.9. The molecule has 3 fully saturated rings. The van der Waals surface area contributed by atoms with E-state index in [1.807, 2.05) is 19.1 Å². The van der Waals surface area contributed by atoms with Gasteiger partial charge in [-0.25, -0.2) is 4.79 Å². The Kier molecular flexibility index (Phi) is 6.02. The Morgan fingerprint density at radius 1 is 1.19 bits per heavy atom. The van der Waals surface area contributed by atoms with Crippen molar-refractivity contribution in [2.75, 3.05) is 31.6 Å². The van der Waals surface area contributed by atoms with Crippen LogP contribution in [0.3, 0.4) is 0 Å². The number of fused-ring (bicyclic) bond motifs is 6. The first-order chi connectivity index (χ1) is 15.1. The van der Waals surface area contributed by atoms with E-state index < -0.39 is 0 Å². The predicted molar refractivity (Wildman–Crippen MR) is 127 cm³/mol. The van der Waals surface area contributed by atoms with Crippen LogP contribution in [-0.2, 0) is 4.74 Å². The minimum Gasteiger partial charge on any atom is -0.462 e. The Morgan fingerprint density at radius 2 is 2.03 bits per heavy atom. The van der Waals surface area contributed by atoms with Gasteiger partial charge in [-0.15, -0.1) is 0 Å². The van der Waals surface area contributed by atoms with E-state index in [2.05, 4.69) is 21.2 Å². The van der Waals surface area contributed by atoms with Gasteiger partial charge in [-0.1, -0.05) is 18.1 Å².